The maximum absolute atomic E-state index is 5.53. The van der Waals surface area contributed by atoms with Gasteiger partial charge in [0.1, 0.15) is 5.76 Å². The van der Waals surface area contributed by atoms with Gasteiger partial charge in [-0.05, 0) is 53.2 Å². The highest BCUT2D eigenvalue weighted by atomic mass is 79.9. The van der Waals surface area contributed by atoms with Crippen LogP contribution in [0.1, 0.15) is 18.7 Å². The van der Waals surface area contributed by atoms with Crippen LogP contribution in [0.3, 0.4) is 0 Å². The monoisotopic (exact) mass is 305 g/mol. The molecule has 1 unspecified atom stereocenters. The summed E-state index contributed by atoms with van der Waals surface area (Å²) < 4.78 is 6.27. The topological polar surface area (TPSA) is 53.9 Å². The normalized spacial score (nSPS) is 12.8. The Kier molecular flexibility index (Phi) is 2.83. The van der Waals surface area contributed by atoms with E-state index >= 15 is 0 Å². The number of furan rings is 1. The van der Waals surface area contributed by atoms with Crippen LogP contribution in [0.15, 0.2) is 45.6 Å². The van der Waals surface area contributed by atoms with Crippen molar-refractivity contribution in [2.24, 2.45) is 0 Å². The Balaban J connectivity index is 1.83. The molecule has 0 spiro atoms. The van der Waals surface area contributed by atoms with Crippen molar-refractivity contribution in [3.63, 3.8) is 0 Å². The van der Waals surface area contributed by atoms with Gasteiger partial charge in [-0.15, -0.1) is 0 Å². The number of aromatic amines is 1. The van der Waals surface area contributed by atoms with E-state index in [0.29, 0.717) is 0 Å². The molecular weight excluding hydrogens is 294 g/mol. The fourth-order valence-corrected chi connectivity index (χ4v) is 2.23. The van der Waals surface area contributed by atoms with Gasteiger partial charge in [0.2, 0.25) is 0 Å². The summed E-state index contributed by atoms with van der Waals surface area (Å²) in [5, 5.41) is 11.4. The third-order valence-electron chi connectivity index (χ3n) is 2.84. The van der Waals surface area contributed by atoms with Crippen LogP contribution in [0.2, 0.25) is 0 Å². The van der Waals surface area contributed by atoms with Crippen LogP contribution in [-0.4, -0.2) is 10.2 Å². The van der Waals surface area contributed by atoms with Gasteiger partial charge in [0.15, 0.2) is 4.67 Å². The minimum absolute atomic E-state index is 0.112. The molecule has 0 bridgehead atoms. The lowest BCUT2D eigenvalue weighted by atomic mass is 10.2. The highest BCUT2D eigenvalue weighted by Gasteiger charge is 2.10. The molecule has 4 nitrogen and oxygen atoms in total. The van der Waals surface area contributed by atoms with E-state index in [0.717, 1.165) is 27.0 Å². The number of hydrogen-bond donors (Lipinski definition) is 2. The molecule has 2 heterocycles. The summed E-state index contributed by atoms with van der Waals surface area (Å²) in [6.07, 6.45) is 1.81. The summed E-state index contributed by atoms with van der Waals surface area (Å²) in [4.78, 5) is 0. The number of benzene rings is 1. The van der Waals surface area contributed by atoms with E-state index in [1.807, 2.05) is 30.5 Å². The van der Waals surface area contributed by atoms with Gasteiger partial charge in [-0.1, -0.05) is 0 Å². The Morgan fingerprint density at radius 1 is 1.33 bits per heavy atom. The summed E-state index contributed by atoms with van der Waals surface area (Å²) in [5.74, 6) is 0.897. The molecule has 3 rings (SSSR count). The van der Waals surface area contributed by atoms with Crippen LogP contribution in [0.5, 0.6) is 0 Å². The summed E-state index contributed by atoms with van der Waals surface area (Å²) in [6, 6.07) is 10.1. The molecule has 1 atom stereocenters. The smallest absolute Gasteiger partial charge is 0.169 e. The quantitative estimate of drug-likeness (QED) is 0.766. The average Bonchev–Trinajstić information content (AvgIpc) is 2.96. The van der Waals surface area contributed by atoms with Crippen molar-refractivity contribution in [1.29, 1.82) is 0 Å². The van der Waals surface area contributed by atoms with Crippen LogP contribution < -0.4 is 5.32 Å². The van der Waals surface area contributed by atoms with Gasteiger partial charge in [-0.2, -0.15) is 5.10 Å². The number of rotatable bonds is 3. The van der Waals surface area contributed by atoms with E-state index in [4.69, 9.17) is 4.42 Å². The van der Waals surface area contributed by atoms with Crippen LogP contribution >= 0.6 is 15.9 Å². The molecule has 92 valence electrons. The molecule has 0 fully saturated rings. The zero-order valence-corrected chi connectivity index (χ0v) is 11.4. The minimum atomic E-state index is 0.112. The van der Waals surface area contributed by atoms with E-state index in [1.54, 1.807) is 0 Å². The van der Waals surface area contributed by atoms with Gasteiger partial charge >= 0.3 is 0 Å². The molecule has 2 aromatic heterocycles. The first-order valence-corrected chi connectivity index (χ1v) is 6.46. The average molecular weight is 306 g/mol. The van der Waals surface area contributed by atoms with Crippen LogP contribution in [0.4, 0.5) is 5.69 Å². The Hall–Kier alpha value is -1.75. The SMILES string of the molecule is CC(Nc1ccc2[nH]ncc2c1)c1ccc(Br)o1. The first-order valence-electron chi connectivity index (χ1n) is 5.67. The van der Waals surface area contributed by atoms with Gasteiger partial charge in [-0.25, -0.2) is 0 Å². The molecule has 3 aromatic rings. The Bertz CT molecular complexity index is 673. The lowest BCUT2D eigenvalue weighted by Crippen LogP contribution is -2.05. The van der Waals surface area contributed by atoms with E-state index in [2.05, 4.69) is 44.4 Å². The highest BCUT2D eigenvalue weighted by molar-refractivity contribution is 9.10. The maximum atomic E-state index is 5.53. The molecular formula is C13H12BrN3O. The number of fused-ring (bicyclic) bond motifs is 1. The second-order valence-corrected chi connectivity index (χ2v) is 4.96. The fourth-order valence-electron chi connectivity index (χ4n) is 1.91. The second kappa shape index (κ2) is 4.49. The lowest BCUT2D eigenvalue weighted by molar-refractivity contribution is 0.471. The predicted molar refractivity (Wildman–Crippen MR) is 74.5 cm³/mol. The molecule has 1 aromatic carbocycles. The summed E-state index contributed by atoms with van der Waals surface area (Å²) >= 11 is 3.31. The van der Waals surface area contributed by atoms with Gasteiger partial charge in [-0.3, -0.25) is 5.10 Å². The predicted octanol–water partition coefficient (Wildman–Crippen LogP) is 4.09. The number of halogens is 1. The first-order chi connectivity index (χ1) is 8.72. The Labute approximate surface area is 113 Å². The van der Waals surface area contributed by atoms with Crippen molar-refractivity contribution in [3.05, 3.63) is 47.0 Å². The van der Waals surface area contributed by atoms with E-state index in [1.165, 1.54) is 0 Å². The number of H-pyrrole nitrogens is 1. The third kappa shape index (κ3) is 2.13. The van der Waals surface area contributed by atoms with Crippen LogP contribution in [0, 0.1) is 0 Å². The highest BCUT2D eigenvalue weighted by Crippen LogP contribution is 2.25. The zero-order valence-electron chi connectivity index (χ0n) is 9.77. The standard InChI is InChI=1S/C13H12BrN3O/c1-8(12-4-5-13(14)18-12)16-10-2-3-11-9(6-10)7-15-17-11/h2-8,16H,1H3,(H,15,17). The zero-order chi connectivity index (χ0) is 12.5. The molecule has 0 aliphatic heterocycles. The number of nitrogens with one attached hydrogen (secondary N) is 2. The van der Waals surface area contributed by atoms with Gasteiger partial charge in [0, 0.05) is 11.1 Å². The van der Waals surface area contributed by atoms with Gasteiger partial charge in [0.25, 0.3) is 0 Å². The van der Waals surface area contributed by atoms with Crippen molar-refractivity contribution in [2.75, 3.05) is 5.32 Å². The van der Waals surface area contributed by atoms with E-state index in [9.17, 15) is 0 Å². The van der Waals surface area contributed by atoms with Crippen molar-refractivity contribution in [3.8, 4) is 0 Å². The molecule has 0 aliphatic carbocycles. The molecule has 2 N–H and O–H groups in total. The number of nitrogens with zero attached hydrogens (tertiary/aromatic N) is 1. The van der Waals surface area contributed by atoms with Crippen LogP contribution in [0.25, 0.3) is 10.9 Å². The number of hydrogen-bond acceptors (Lipinski definition) is 3. The maximum Gasteiger partial charge on any atom is 0.169 e. The minimum Gasteiger partial charge on any atom is -0.452 e. The lowest BCUT2D eigenvalue weighted by Gasteiger charge is -2.12. The summed E-state index contributed by atoms with van der Waals surface area (Å²) in [5.41, 5.74) is 2.08. The van der Waals surface area contributed by atoms with Crippen molar-refractivity contribution >= 4 is 32.5 Å². The fraction of sp³-hybridized carbons (Fsp3) is 0.154. The van der Waals surface area contributed by atoms with Crippen molar-refractivity contribution in [1.82, 2.24) is 10.2 Å². The van der Waals surface area contributed by atoms with Gasteiger partial charge in [0.05, 0.1) is 17.8 Å². The number of anilines is 1. The summed E-state index contributed by atoms with van der Waals surface area (Å²) in [6.45, 7) is 2.06. The molecule has 5 heteroatoms. The second-order valence-electron chi connectivity index (χ2n) is 4.18. The molecule has 0 amide bonds. The molecule has 18 heavy (non-hydrogen) atoms. The van der Waals surface area contributed by atoms with Gasteiger partial charge < -0.3 is 9.73 Å². The Morgan fingerprint density at radius 2 is 2.22 bits per heavy atom. The van der Waals surface area contributed by atoms with Crippen molar-refractivity contribution in [2.45, 2.75) is 13.0 Å². The van der Waals surface area contributed by atoms with E-state index in [-0.39, 0.29) is 6.04 Å². The Morgan fingerprint density at radius 3 is 3.00 bits per heavy atom. The third-order valence-corrected chi connectivity index (χ3v) is 3.27. The molecule has 0 saturated carbocycles. The van der Waals surface area contributed by atoms with E-state index < -0.39 is 0 Å². The first kappa shape index (κ1) is 11.3. The van der Waals surface area contributed by atoms with Crippen molar-refractivity contribution < 1.29 is 4.42 Å². The summed E-state index contributed by atoms with van der Waals surface area (Å²) in [7, 11) is 0. The van der Waals surface area contributed by atoms with Crippen LogP contribution in [-0.2, 0) is 0 Å². The molecule has 0 aliphatic rings. The largest absolute Gasteiger partial charge is 0.452 e. The molecule has 0 saturated heterocycles. The molecule has 0 radical (unpaired) electrons. The number of aromatic nitrogens is 2.